The number of carbonyl (C=O) groups excluding carboxylic acids is 4. The Labute approximate surface area is 121 Å². The van der Waals surface area contributed by atoms with E-state index in [4.69, 9.17) is 11.5 Å². The summed E-state index contributed by atoms with van der Waals surface area (Å²) in [7, 11) is 0. The maximum absolute atomic E-state index is 11.9. The van der Waals surface area contributed by atoms with Crippen LogP contribution in [0.4, 0.5) is 5.69 Å². The van der Waals surface area contributed by atoms with E-state index in [9.17, 15) is 19.2 Å². The van der Waals surface area contributed by atoms with Gasteiger partial charge in [0.1, 0.15) is 0 Å². The molecule has 0 saturated heterocycles. The second-order valence-electron chi connectivity index (χ2n) is 4.13. The van der Waals surface area contributed by atoms with Crippen LogP contribution in [-0.4, -0.2) is 41.6 Å². The van der Waals surface area contributed by atoms with Crippen LogP contribution in [0.15, 0.2) is 24.3 Å². The zero-order chi connectivity index (χ0) is 16.0. The van der Waals surface area contributed by atoms with Crippen LogP contribution in [0.2, 0.25) is 0 Å². The van der Waals surface area contributed by atoms with Crippen molar-refractivity contribution < 1.29 is 19.2 Å². The van der Waals surface area contributed by atoms with Crippen molar-refractivity contribution in [2.75, 3.05) is 18.4 Å². The Morgan fingerprint density at radius 3 is 2.33 bits per heavy atom. The number of para-hydroxylation sites is 1. The number of anilines is 1. The lowest BCUT2D eigenvalue weighted by Crippen LogP contribution is -2.45. The van der Waals surface area contributed by atoms with Gasteiger partial charge < -0.3 is 16.8 Å². The quantitative estimate of drug-likeness (QED) is 0.615. The van der Waals surface area contributed by atoms with Crippen molar-refractivity contribution in [2.24, 2.45) is 11.5 Å². The van der Waals surface area contributed by atoms with Crippen molar-refractivity contribution in [3.05, 3.63) is 29.8 Å². The van der Waals surface area contributed by atoms with Gasteiger partial charge in [-0.1, -0.05) is 12.1 Å². The van der Waals surface area contributed by atoms with Gasteiger partial charge in [0.2, 0.25) is 5.91 Å². The number of carbonyl (C=O) groups is 4. The number of imide groups is 1. The van der Waals surface area contributed by atoms with E-state index < -0.39 is 23.6 Å². The van der Waals surface area contributed by atoms with E-state index in [1.54, 1.807) is 12.1 Å². The molecule has 0 aliphatic rings. The van der Waals surface area contributed by atoms with Crippen LogP contribution in [0.25, 0.3) is 0 Å². The smallest absolute Gasteiger partial charge is 0.318 e. The Kier molecular flexibility index (Phi) is 5.56. The van der Waals surface area contributed by atoms with Gasteiger partial charge in [-0.2, -0.15) is 0 Å². The second-order valence-corrected chi connectivity index (χ2v) is 4.13. The Bertz CT molecular complexity index is 585. The van der Waals surface area contributed by atoms with Crippen LogP contribution in [0, 0.1) is 0 Å². The van der Waals surface area contributed by atoms with E-state index in [-0.39, 0.29) is 24.3 Å². The average molecular weight is 292 g/mol. The molecular formula is C13H16N4O4. The molecule has 0 unspecified atom stereocenters. The van der Waals surface area contributed by atoms with Crippen molar-refractivity contribution >= 4 is 29.3 Å². The highest BCUT2D eigenvalue weighted by molar-refractivity contribution is 6.42. The first-order valence-corrected chi connectivity index (χ1v) is 6.10. The fraction of sp³-hybridized carbons (Fsp3) is 0.231. The molecule has 112 valence electrons. The average Bonchev–Trinajstić information content (AvgIpc) is 2.44. The van der Waals surface area contributed by atoms with E-state index >= 15 is 0 Å². The number of hydrogen-bond acceptors (Lipinski definition) is 5. The SMILES string of the molecule is CC(=O)N(CCN)C(=O)C(=O)Nc1ccccc1C(N)=O. The van der Waals surface area contributed by atoms with E-state index in [1.165, 1.54) is 12.1 Å². The summed E-state index contributed by atoms with van der Waals surface area (Å²) in [5.41, 5.74) is 10.6. The summed E-state index contributed by atoms with van der Waals surface area (Å²) in [6.07, 6.45) is 0. The van der Waals surface area contributed by atoms with Gasteiger partial charge in [0.15, 0.2) is 0 Å². The zero-order valence-corrected chi connectivity index (χ0v) is 11.5. The summed E-state index contributed by atoms with van der Waals surface area (Å²) >= 11 is 0. The molecule has 21 heavy (non-hydrogen) atoms. The van der Waals surface area contributed by atoms with Crippen LogP contribution in [0.3, 0.4) is 0 Å². The van der Waals surface area contributed by atoms with Gasteiger partial charge in [0.05, 0.1) is 11.3 Å². The standard InChI is InChI=1S/C13H16N4O4/c1-8(18)17(7-6-14)13(21)12(20)16-10-5-3-2-4-9(10)11(15)19/h2-5H,6-7,14H2,1H3,(H2,15,19)(H,16,20). The highest BCUT2D eigenvalue weighted by atomic mass is 16.2. The lowest BCUT2D eigenvalue weighted by molar-refractivity contribution is -0.149. The Morgan fingerprint density at radius 2 is 1.81 bits per heavy atom. The van der Waals surface area contributed by atoms with Gasteiger partial charge >= 0.3 is 11.8 Å². The van der Waals surface area contributed by atoms with Gasteiger partial charge in [-0.25, -0.2) is 0 Å². The first-order valence-electron chi connectivity index (χ1n) is 6.10. The van der Waals surface area contributed by atoms with Crippen molar-refractivity contribution in [2.45, 2.75) is 6.92 Å². The number of primary amides is 1. The molecule has 1 aromatic carbocycles. The van der Waals surface area contributed by atoms with Gasteiger partial charge in [-0.15, -0.1) is 0 Å². The predicted octanol–water partition coefficient (Wildman–Crippen LogP) is -0.942. The highest BCUT2D eigenvalue weighted by Gasteiger charge is 2.25. The molecule has 0 radical (unpaired) electrons. The molecule has 0 aliphatic carbocycles. The molecule has 0 fully saturated rings. The molecule has 0 heterocycles. The van der Waals surface area contributed by atoms with E-state index in [0.717, 1.165) is 11.8 Å². The van der Waals surface area contributed by atoms with E-state index in [1.807, 2.05) is 0 Å². The summed E-state index contributed by atoms with van der Waals surface area (Å²) in [4.78, 5) is 47.0. The number of nitrogens with two attached hydrogens (primary N) is 2. The minimum absolute atomic E-state index is 0.0382. The van der Waals surface area contributed by atoms with Crippen LogP contribution in [0.1, 0.15) is 17.3 Å². The van der Waals surface area contributed by atoms with Crippen molar-refractivity contribution in [1.29, 1.82) is 0 Å². The predicted molar refractivity (Wildman–Crippen MR) is 75.0 cm³/mol. The van der Waals surface area contributed by atoms with Gasteiger partial charge in [0.25, 0.3) is 5.91 Å². The summed E-state index contributed by atoms with van der Waals surface area (Å²) in [6, 6.07) is 5.96. The molecule has 0 atom stereocenters. The lowest BCUT2D eigenvalue weighted by atomic mass is 10.1. The number of amides is 4. The number of nitrogens with one attached hydrogen (secondary N) is 1. The first kappa shape index (κ1) is 16.3. The molecule has 8 heteroatoms. The molecule has 1 rings (SSSR count). The lowest BCUT2D eigenvalue weighted by Gasteiger charge is -2.17. The minimum Gasteiger partial charge on any atom is -0.366 e. The van der Waals surface area contributed by atoms with Crippen LogP contribution >= 0.6 is 0 Å². The minimum atomic E-state index is -1.05. The Morgan fingerprint density at radius 1 is 1.19 bits per heavy atom. The molecule has 5 N–H and O–H groups in total. The largest absolute Gasteiger partial charge is 0.366 e. The van der Waals surface area contributed by atoms with Crippen molar-refractivity contribution in [1.82, 2.24) is 4.90 Å². The third-order valence-corrected chi connectivity index (χ3v) is 2.61. The normalized spacial score (nSPS) is 9.81. The van der Waals surface area contributed by atoms with Crippen molar-refractivity contribution in [3.8, 4) is 0 Å². The summed E-state index contributed by atoms with van der Waals surface area (Å²) in [5, 5.41) is 2.26. The zero-order valence-electron chi connectivity index (χ0n) is 11.5. The maximum atomic E-state index is 11.9. The molecule has 0 bridgehead atoms. The topological polar surface area (TPSA) is 136 Å². The number of nitrogens with zero attached hydrogens (tertiary/aromatic N) is 1. The summed E-state index contributed by atoms with van der Waals surface area (Å²) in [5.74, 6) is -3.44. The maximum Gasteiger partial charge on any atom is 0.318 e. The molecule has 0 saturated carbocycles. The third-order valence-electron chi connectivity index (χ3n) is 2.61. The van der Waals surface area contributed by atoms with E-state index in [2.05, 4.69) is 5.32 Å². The fourth-order valence-corrected chi connectivity index (χ4v) is 1.64. The summed E-state index contributed by atoms with van der Waals surface area (Å²) < 4.78 is 0. The molecule has 8 nitrogen and oxygen atoms in total. The molecule has 0 aromatic heterocycles. The molecule has 0 spiro atoms. The van der Waals surface area contributed by atoms with Crippen molar-refractivity contribution in [3.63, 3.8) is 0 Å². The van der Waals surface area contributed by atoms with Gasteiger partial charge in [0, 0.05) is 20.0 Å². The fourth-order valence-electron chi connectivity index (χ4n) is 1.64. The van der Waals surface area contributed by atoms with Crippen LogP contribution in [-0.2, 0) is 14.4 Å². The molecule has 0 aliphatic heterocycles. The summed E-state index contributed by atoms with van der Waals surface area (Å²) in [6.45, 7) is 1.12. The van der Waals surface area contributed by atoms with Crippen LogP contribution < -0.4 is 16.8 Å². The Hall–Kier alpha value is -2.74. The first-order chi connectivity index (χ1) is 9.88. The number of benzene rings is 1. The Balaban J connectivity index is 2.93. The second kappa shape index (κ2) is 7.15. The highest BCUT2D eigenvalue weighted by Crippen LogP contribution is 2.14. The van der Waals surface area contributed by atoms with E-state index in [0.29, 0.717) is 0 Å². The van der Waals surface area contributed by atoms with Crippen LogP contribution in [0.5, 0.6) is 0 Å². The molecule has 4 amide bonds. The molecule has 1 aromatic rings. The van der Waals surface area contributed by atoms with Gasteiger partial charge in [-0.05, 0) is 12.1 Å². The third kappa shape index (κ3) is 4.11. The number of rotatable bonds is 4. The molecular weight excluding hydrogens is 276 g/mol. The number of hydrogen-bond donors (Lipinski definition) is 3. The van der Waals surface area contributed by atoms with Gasteiger partial charge in [-0.3, -0.25) is 24.1 Å². The monoisotopic (exact) mass is 292 g/mol.